The van der Waals surface area contributed by atoms with E-state index >= 15 is 0 Å². The van der Waals surface area contributed by atoms with Crippen molar-refractivity contribution in [3.8, 4) is 0 Å². The van der Waals surface area contributed by atoms with Gasteiger partial charge >= 0.3 is 12.5 Å². The minimum atomic E-state index is -2.88. The number of fused-ring (bicyclic) bond motifs is 1. The number of carbonyl (C=O) groups excluding carboxylic acids is 1. The van der Waals surface area contributed by atoms with Crippen molar-refractivity contribution in [3.05, 3.63) is 56.0 Å². The molecule has 0 aliphatic heterocycles. The molecule has 1 aromatic carbocycles. The van der Waals surface area contributed by atoms with Gasteiger partial charge < -0.3 is 4.74 Å². The van der Waals surface area contributed by atoms with E-state index in [0.717, 1.165) is 0 Å². The van der Waals surface area contributed by atoms with Crippen LogP contribution in [0.4, 0.5) is 8.78 Å². The number of aromatic nitrogens is 3. The largest absolute Gasteiger partial charge is 0.450 e. The van der Waals surface area contributed by atoms with Crippen LogP contribution < -0.4 is 0 Å². The fraction of sp³-hybridized carbons (Fsp3) is 0.188. The van der Waals surface area contributed by atoms with Crippen molar-refractivity contribution in [1.29, 1.82) is 0 Å². The molecule has 0 radical (unpaired) electrons. The maximum Gasteiger partial charge on any atom is 0.359 e. The van der Waals surface area contributed by atoms with E-state index in [1.807, 2.05) is 0 Å². The Balaban J connectivity index is 1.97. The molecule has 2 heterocycles. The molecule has 142 valence electrons. The first-order valence-corrected chi connectivity index (χ1v) is 8.89. The Morgan fingerprint density at radius 2 is 1.74 bits per heavy atom. The van der Waals surface area contributed by atoms with E-state index in [1.165, 1.54) is 13.0 Å². The van der Waals surface area contributed by atoms with E-state index in [0.29, 0.717) is 10.1 Å². The molecule has 0 saturated carbocycles. The van der Waals surface area contributed by atoms with Gasteiger partial charge in [0.15, 0.2) is 17.6 Å². The van der Waals surface area contributed by atoms with Crippen molar-refractivity contribution in [2.45, 2.75) is 19.6 Å². The lowest BCUT2D eigenvalue weighted by atomic mass is 10.3. The third-order valence-electron chi connectivity index (χ3n) is 3.64. The summed E-state index contributed by atoms with van der Waals surface area (Å²) >= 11 is 23.5. The van der Waals surface area contributed by atoms with Gasteiger partial charge in [0.05, 0.1) is 26.1 Å². The molecule has 0 spiro atoms. The number of para-hydroxylation sites is 2. The molecule has 0 bridgehead atoms. The molecule has 1 unspecified atom stereocenters. The highest BCUT2D eigenvalue weighted by Crippen LogP contribution is 2.37. The first-order valence-electron chi connectivity index (χ1n) is 7.38. The van der Waals surface area contributed by atoms with E-state index in [9.17, 15) is 13.6 Å². The summed E-state index contributed by atoms with van der Waals surface area (Å²) in [5.41, 5.74) is 0.159. The zero-order valence-electron chi connectivity index (χ0n) is 13.4. The number of benzene rings is 1. The monoisotopic (exact) mass is 453 g/mol. The minimum Gasteiger partial charge on any atom is -0.450 e. The zero-order valence-corrected chi connectivity index (χ0v) is 16.4. The summed E-state index contributed by atoms with van der Waals surface area (Å²) in [4.78, 5) is 20.3. The number of alkyl halides is 2. The quantitative estimate of drug-likeness (QED) is 0.340. The molecule has 2 aromatic heterocycles. The SMILES string of the molecule is CC(OC(=O)c1nc(Cl)c(Cl)c(Cl)c1Cl)c1nc2ccccc2n1C(F)F. The fourth-order valence-electron chi connectivity index (χ4n) is 2.45. The standard InChI is InChI=1S/C16H9Cl4F2N3O2/c1-6(14-23-7-4-2-3-5-8(7)25(14)16(21)22)27-15(26)12-10(18)9(17)11(19)13(20)24-12/h2-6,16H,1H3. The third-order valence-corrected chi connectivity index (χ3v) is 5.32. The van der Waals surface area contributed by atoms with E-state index in [1.54, 1.807) is 18.2 Å². The number of nitrogens with zero attached hydrogens (tertiary/aromatic N) is 3. The molecule has 1 atom stereocenters. The van der Waals surface area contributed by atoms with Crippen molar-refractivity contribution in [3.63, 3.8) is 0 Å². The van der Waals surface area contributed by atoms with E-state index < -0.39 is 18.6 Å². The van der Waals surface area contributed by atoms with Gasteiger partial charge in [-0.3, -0.25) is 4.57 Å². The van der Waals surface area contributed by atoms with Crippen LogP contribution in [0.3, 0.4) is 0 Å². The number of pyridine rings is 1. The van der Waals surface area contributed by atoms with Gasteiger partial charge in [0, 0.05) is 0 Å². The van der Waals surface area contributed by atoms with Gasteiger partial charge in [-0.1, -0.05) is 58.5 Å². The van der Waals surface area contributed by atoms with Crippen LogP contribution in [0.25, 0.3) is 11.0 Å². The molecule has 27 heavy (non-hydrogen) atoms. The second-order valence-electron chi connectivity index (χ2n) is 5.35. The number of carbonyl (C=O) groups is 1. The normalized spacial score (nSPS) is 12.6. The highest BCUT2D eigenvalue weighted by atomic mass is 35.5. The lowest BCUT2D eigenvalue weighted by Crippen LogP contribution is -2.16. The van der Waals surface area contributed by atoms with Gasteiger partial charge in [-0.2, -0.15) is 8.78 Å². The maximum absolute atomic E-state index is 13.5. The minimum absolute atomic E-state index is 0.118. The molecule has 5 nitrogen and oxygen atoms in total. The zero-order chi connectivity index (χ0) is 19.9. The summed E-state index contributed by atoms with van der Waals surface area (Å²) in [6.07, 6.45) is -1.13. The summed E-state index contributed by atoms with van der Waals surface area (Å²) in [6, 6.07) is 6.32. The van der Waals surface area contributed by atoms with E-state index in [-0.39, 0.29) is 37.3 Å². The number of ether oxygens (including phenoxy) is 1. The van der Waals surface area contributed by atoms with Crippen LogP contribution in [0, 0.1) is 0 Å². The van der Waals surface area contributed by atoms with Crippen LogP contribution in [0.1, 0.15) is 35.9 Å². The number of esters is 1. The van der Waals surface area contributed by atoms with Gasteiger partial charge in [-0.25, -0.2) is 14.8 Å². The van der Waals surface area contributed by atoms with Crippen LogP contribution in [0.5, 0.6) is 0 Å². The molecule has 0 amide bonds. The first-order chi connectivity index (χ1) is 12.7. The maximum atomic E-state index is 13.5. The molecule has 0 saturated heterocycles. The summed E-state index contributed by atoms with van der Waals surface area (Å²) in [6.45, 7) is -1.49. The highest BCUT2D eigenvalue weighted by molar-refractivity contribution is 6.52. The Morgan fingerprint density at radius 3 is 2.41 bits per heavy atom. The number of imidazole rings is 1. The Hall–Kier alpha value is -1.67. The number of hydrogen-bond acceptors (Lipinski definition) is 4. The first kappa shape index (κ1) is 20.1. The predicted octanol–water partition coefficient (Wildman–Crippen LogP) is 6.36. The van der Waals surface area contributed by atoms with Gasteiger partial charge in [0.25, 0.3) is 0 Å². The molecule has 0 N–H and O–H groups in total. The lowest BCUT2D eigenvalue weighted by molar-refractivity contribution is 0.0227. The van der Waals surface area contributed by atoms with Crippen molar-refractivity contribution < 1.29 is 18.3 Å². The van der Waals surface area contributed by atoms with Gasteiger partial charge in [0.2, 0.25) is 0 Å². The molecule has 0 fully saturated rings. The van der Waals surface area contributed by atoms with Gasteiger partial charge in [0.1, 0.15) is 5.15 Å². The number of halogens is 6. The second kappa shape index (κ2) is 7.75. The molecular weight excluding hydrogens is 446 g/mol. The summed E-state index contributed by atoms with van der Waals surface area (Å²) in [5, 5.41) is -0.790. The van der Waals surface area contributed by atoms with Crippen LogP contribution in [-0.2, 0) is 4.74 Å². The summed E-state index contributed by atoms with van der Waals surface area (Å²) in [7, 11) is 0. The third kappa shape index (κ3) is 3.69. The molecule has 0 aliphatic carbocycles. The van der Waals surface area contributed by atoms with E-state index in [2.05, 4.69) is 9.97 Å². The predicted molar refractivity (Wildman–Crippen MR) is 99.1 cm³/mol. The summed E-state index contributed by atoms with van der Waals surface area (Å²) < 4.78 is 32.9. The topological polar surface area (TPSA) is 57.0 Å². The van der Waals surface area contributed by atoms with Crippen LogP contribution in [0.15, 0.2) is 24.3 Å². The van der Waals surface area contributed by atoms with Gasteiger partial charge in [-0.15, -0.1) is 0 Å². The average molecular weight is 455 g/mol. The number of hydrogen-bond donors (Lipinski definition) is 0. The van der Waals surface area contributed by atoms with Crippen LogP contribution in [-0.4, -0.2) is 20.5 Å². The molecule has 3 rings (SSSR count). The van der Waals surface area contributed by atoms with E-state index in [4.69, 9.17) is 51.1 Å². The molecule has 11 heteroatoms. The van der Waals surface area contributed by atoms with Crippen molar-refractivity contribution in [1.82, 2.24) is 14.5 Å². The lowest BCUT2D eigenvalue weighted by Gasteiger charge is -2.15. The van der Waals surface area contributed by atoms with Gasteiger partial charge in [-0.05, 0) is 19.1 Å². The fourth-order valence-corrected chi connectivity index (χ4v) is 3.25. The Bertz CT molecular complexity index is 1040. The Kier molecular flexibility index (Phi) is 5.76. The van der Waals surface area contributed by atoms with Crippen LogP contribution in [0.2, 0.25) is 20.2 Å². The molecule has 3 aromatic rings. The molecular formula is C16H9Cl4F2N3O2. The van der Waals surface area contributed by atoms with Crippen LogP contribution >= 0.6 is 46.4 Å². The molecule has 0 aliphatic rings. The Morgan fingerprint density at radius 1 is 1.07 bits per heavy atom. The smallest absolute Gasteiger partial charge is 0.359 e. The average Bonchev–Trinajstić information content (AvgIpc) is 3.02. The second-order valence-corrected chi connectivity index (χ2v) is 6.84. The number of rotatable bonds is 4. The van der Waals surface area contributed by atoms with Crippen molar-refractivity contribution in [2.75, 3.05) is 0 Å². The summed E-state index contributed by atoms with van der Waals surface area (Å²) in [5.74, 6) is -1.15. The van der Waals surface area contributed by atoms with Crippen molar-refractivity contribution >= 4 is 63.4 Å². The van der Waals surface area contributed by atoms with Crippen molar-refractivity contribution in [2.24, 2.45) is 0 Å². The Labute approximate surface area is 171 Å². The highest BCUT2D eigenvalue weighted by Gasteiger charge is 2.27.